The van der Waals surface area contributed by atoms with Crippen molar-refractivity contribution in [1.82, 2.24) is 4.98 Å². The second-order valence-electron chi connectivity index (χ2n) is 4.42. The van der Waals surface area contributed by atoms with E-state index in [0.29, 0.717) is 0 Å². The van der Waals surface area contributed by atoms with Gasteiger partial charge in [0.2, 0.25) is 5.88 Å². The molecule has 21 heavy (non-hydrogen) atoms. The molecule has 0 spiro atoms. The Hall–Kier alpha value is -2.95. The Morgan fingerprint density at radius 3 is 2.43 bits per heavy atom. The number of nitrogens with zero attached hydrogens (tertiary/aromatic N) is 1. The van der Waals surface area contributed by atoms with Crippen LogP contribution in [0.2, 0.25) is 0 Å². The van der Waals surface area contributed by atoms with Gasteiger partial charge >= 0.3 is 5.97 Å². The number of pyridine rings is 1. The number of ether oxygens (including phenoxy) is 1. The van der Waals surface area contributed by atoms with Crippen LogP contribution in [0, 0.1) is 5.82 Å². The van der Waals surface area contributed by atoms with Gasteiger partial charge in [-0.1, -0.05) is 24.3 Å². The molecule has 0 aliphatic rings. The molecular weight excluding hydrogens is 273 g/mol. The van der Waals surface area contributed by atoms with E-state index in [0.717, 1.165) is 17.0 Å². The summed E-state index contributed by atoms with van der Waals surface area (Å²) in [5.41, 5.74) is 0.0276. The van der Waals surface area contributed by atoms with Crippen LogP contribution in [0.3, 0.4) is 0 Å². The molecule has 0 amide bonds. The first-order valence-corrected chi connectivity index (χ1v) is 6.19. The second-order valence-corrected chi connectivity index (χ2v) is 4.42. The average molecular weight is 283 g/mol. The number of hydrogen-bond acceptors (Lipinski definition) is 3. The third-order valence-electron chi connectivity index (χ3n) is 2.99. The fraction of sp³-hybridized carbons (Fsp3) is 0. The highest BCUT2D eigenvalue weighted by atomic mass is 19.1. The molecule has 1 aromatic heterocycles. The van der Waals surface area contributed by atoms with E-state index in [-0.39, 0.29) is 17.2 Å². The van der Waals surface area contributed by atoms with Gasteiger partial charge in [-0.05, 0) is 29.0 Å². The molecular formula is C16H10FNO3. The first-order chi connectivity index (χ1) is 10.1. The van der Waals surface area contributed by atoms with Crippen LogP contribution in [-0.4, -0.2) is 16.1 Å². The predicted molar refractivity (Wildman–Crippen MR) is 75.2 cm³/mol. The van der Waals surface area contributed by atoms with Gasteiger partial charge in [0, 0.05) is 6.07 Å². The zero-order chi connectivity index (χ0) is 14.8. The lowest BCUT2D eigenvalue weighted by Gasteiger charge is -2.09. The number of halogens is 1. The summed E-state index contributed by atoms with van der Waals surface area (Å²) in [4.78, 5) is 15.1. The summed E-state index contributed by atoms with van der Waals surface area (Å²) >= 11 is 0. The van der Waals surface area contributed by atoms with Gasteiger partial charge in [0.1, 0.15) is 17.1 Å². The van der Waals surface area contributed by atoms with Gasteiger partial charge in [-0.3, -0.25) is 0 Å². The lowest BCUT2D eigenvalue weighted by molar-refractivity contribution is 0.0694. The highest BCUT2D eigenvalue weighted by molar-refractivity contribution is 5.97. The predicted octanol–water partition coefficient (Wildman–Crippen LogP) is 3.86. The Morgan fingerprint density at radius 2 is 1.81 bits per heavy atom. The second kappa shape index (κ2) is 5.20. The molecule has 1 heterocycles. The van der Waals surface area contributed by atoms with E-state index in [1.165, 1.54) is 18.2 Å². The summed E-state index contributed by atoms with van der Waals surface area (Å²) < 4.78 is 18.3. The molecule has 0 unspecified atom stereocenters. The topological polar surface area (TPSA) is 59.4 Å². The van der Waals surface area contributed by atoms with Crippen molar-refractivity contribution in [2.75, 3.05) is 0 Å². The zero-order valence-corrected chi connectivity index (χ0v) is 10.8. The monoisotopic (exact) mass is 283 g/mol. The Bertz CT molecular complexity index is 815. The van der Waals surface area contributed by atoms with Crippen molar-refractivity contribution in [2.24, 2.45) is 0 Å². The van der Waals surface area contributed by atoms with Gasteiger partial charge in [-0.2, -0.15) is 0 Å². The summed E-state index contributed by atoms with van der Waals surface area (Å²) in [6.45, 7) is 0. The van der Waals surface area contributed by atoms with Crippen LogP contribution in [0.4, 0.5) is 4.39 Å². The lowest BCUT2D eigenvalue weighted by Crippen LogP contribution is -2.01. The van der Waals surface area contributed by atoms with Crippen LogP contribution in [0.5, 0.6) is 11.6 Å². The highest BCUT2D eigenvalue weighted by Crippen LogP contribution is 2.29. The van der Waals surface area contributed by atoms with E-state index >= 15 is 0 Å². The molecule has 2 aromatic carbocycles. The Morgan fingerprint density at radius 1 is 1.10 bits per heavy atom. The van der Waals surface area contributed by atoms with Crippen molar-refractivity contribution in [1.29, 1.82) is 0 Å². The Balaban J connectivity index is 2.09. The first kappa shape index (κ1) is 13.1. The number of aromatic carboxylic acids is 1. The van der Waals surface area contributed by atoms with Crippen molar-refractivity contribution < 1.29 is 19.0 Å². The molecule has 0 fully saturated rings. The molecule has 0 aliphatic carbocycles. The summed E-state index contributed by atoms with van der Waals surface area (Å²) in [6.07, 6.45) is 1.01. The lowest BCUT2D eigenvalue weighted by atomic mass is 10.1. The van der Waals surface area contributed by atoms with E-state index < -0.39 is 11.8 Å². The summed E-state index contributed by atoms with van der Waals surface area (Å²) in [5.74, 6) is -1.29. The number of fused-ring (bicyclic) bond motifs is 1. The molecule has 0 saturated heterocycles. The van der Waals surface area contributed by atoms with E-state index in [1.54, 1.807) is 6.07 Å². The number of carboxylic acids is 1. The van der Waals surface area contributed by atoms with Crippen LogP contribution in [0.1, 0.15) is 10.4 Å². The normalized spacial score (nSPS) is 10.5. The number of carbonyl (C=O) groups is 1. The van der Waals surface area contributed by atoms with Gasteiger partial charge in [0.05, 0.1) is 6.20 Å². The van der Waals surface area contributed by atoms with Gasteiger partial charge in [0.25, 0.3) is 0 Å². The van der Waals surface area contributed by atoms with Crippen molar-refractivity contribution >= 4 is 16.7 Å². The van der Waals surface area contributed by atoms with Gasteiger partial charge in [0.15, 0.2) is 0 Å². The maximum Gasteiger partial charge on any atom is 0.339 e. The smallest absolute Gasteiger partial charge is 0.339 e. The summed E-state index contributed by atoms with van der Waals surface area (Å²) in [6, 6.07) is 13.1. The number of rotatable bonds is 3. The highest BCUT2D eigenvalue weighted by Gasteiger charge is 2.14. The molecule has 3 rings (SSSR count). The molecule has 0 aliphatic heterocycles. The average Bonchev–Trinajstić information content (AvgIpc) is 2.48. The first-order valence-electron chi connectivity index (χ1n) is 6.19. The van der Waals surface area contributed by atoms with E-state index in [9.17, 15) is 14.3 Å². The molecule has 4 nitrogen and oxygen atoms in total. The SMILES string of the molecule is O=C(O)c1cc2ccccc2cc1Oc1ccc(F)cn1. The number of carboxylic acid groups (broad SMARTS) is 1. The van der Waals surface area contributed by atoms with Crippen LogP contribution >= 0.6 is 0 Å². The minimum absolute atomic E-state index is 0.0276. The van der Waals surface area contributed by atoms with Crippen molar-refractivity contribution in [3.63, 3.8) is 0 Å². The fourth-order valence-corrected chi connectivity index (χ4v) is 2.01. The molecule has 0 radical (unpaired) electrons. The number of hydrogen-bond donors (Lipinski definition) is 1. The van der Waals surface area contributed by atoms with E-state index in [2.05, 4.69) is 4.98 Å². The Labute approximate surface area is 119 Å². The quantitative estimate of drug-likeness (QED) is 0.792. The molecule has 5 heteroatoms. The standard InChI is InChI=1S/C16H10FNO3/c17-12-5-6-15(18-9-12)21-14-8-11-4-2-1-3-10(11)7-13(14)16(19)20/h1-9H,(H,19,20). The van der Waals surface area contributed by atoms with Crippen molar-refractivity contribution in [2.45, 2.75) is 0 Å². The molecule has 104 valence electrons. The van der Waals surface area contributed by atoms with Crippen LogP contribution in [-0.2, 0) is 0 Å². The summed E-state index contributed by atoms with van der Waals surface area (Å²) in [5, 5.41) is 10.9. The third kappa shape index (κ3) is 2.67. The molecule has 1 N–H and O–H groups in total. The maximum atomic E-state index is 12.8. The molecule has 3 aromatic rings. The van der Waals surface area contributed by atoms with Crippen LogP contribution in [0.15, 0.2) is 54.7 Å². The molecule has 0 saturated carbocycles. The minimum Gasteiger partial charge on any atom is -0.478 e. The van der Waals surface area contributed by atoms with Gasteiger partial charge < -0.3 is 9.84 Å². The maximum absolute atomic E-state index is 12.8. The zero-order valence-electron chi connectivity index (χ0n) is 10.8. The number of aromatic nitrogens is 1. The van der Waals surface area contributed by atoms with Gasteiger partial charge in [-0.25, -0.2) is 14.2 Å². The third-order valence-corrected chi connectivity index (χ3v) is 2.99. The van der Waals surface area contributed by atoms with E-state index in [1.807, 2.05) is 24.3 Å². The largest absolute Gasteiger partial charge is 0.478 e. The fourth-order valence-electron chi connectivity index (χ4n) is 2.01. The van der Waals surface area contributed by atoms with E-state index in [4.69, 9.17) is 4.74 Å². The molecule has 0 bridgehead atoms. The number of benzene rings is 2. The Kier molecular flexibility index (Phi) is 3.23. The van der Waals surface area contributed by atoms with Crippen LogP contribution < -0.4 is 4.74 Å². The van der Waals surface area contributed by atoms with Crippen molar-refractivity contribution in [3.8, 4) is 11.6 Å². The molecule has 0 atom stereocenters. The van der Waals surface area contributed by atoms with Crippen LogP contribution in [0.25, 0.3) is 10.8 Å². The van der Waals surface area contributed by atoms with Crippen molar-refractivity contribution in [3.05, 3.63) is 66.1 Å². The van der Waals surface area contributed by atoms with Gasteiger partial charge in [-0.15, -0.1) is 0 Å². The summed E-state index contributed by atoms with van der Waals surface area (Å²) in [7, 11) is 0. The minimum atomic E-state index is -1.10.